The number of hydrogen-bond donors (Lipinski definition) is 1. The van der Waals surface area contributed by atoms with Gasteiger partial charge in [-0.3, -0.25) is 4.79 Å². The number of pyridine rings is 1. The van der Waals surface area contributed by atoms with Crippen molar-refractivity contribution in [2.24, 2.45) is 0 Å². The lowest BCUT2D eigenvalue weighted by Crippen LogP contribution is -2.24. The van der Waals surface area contributed by atoms with Crippen molar-refractivity contribution < 1.29 is 18.7 Å². The number of carbonyl (C=O) groups is 1. The second-order valence-corrected chi connectivity index (χ2v) is 4.51. The van der Waals surface area contributed by atoms with Crippen LogP contribution >= 0.6 is 0 Å². The van der Waals surface area contributed by atoms with Crippen LogP contribution in [0.2, 0.25) is 0 Å². The molecule has 0 radical (unpaired) electrons. The molecule has 2 heterocycles. The molecule has 0 atom stereocenters. The van der Waals surface area contributed by atoms with Gasteiger partial charge in [-0.1, -0.05) is 12.1 Å². The second kappa shape index (κ2) is 5.78. The Morgan fingerprint density at radius 1 is 1.19 bits per heavy atom. The van der Waals surface area contributed by atoms with E-state index in [9.17, 15) is 9.18 Å². The number of halogens is 1. The third-order valence-corrected chi connectivity index (χ3v) is 3.01. The molecule has 0 spiro atoms. The average molecular weight is 288 g/mol. The van der Waals surface area contributed by atoms with Crippen LogP contribution in [0.15, 0.2) is 36.4 Å². The van der Waals surface area contributed by atoms with Gasteiger partial charge in [-0.05, 0) is 29.8 Å². The van der Waals surface area contributed by atoms with Crippen LogP contribution in [0.4, 0.5) is 4.39 Å². The fourth-order valence-corrected chi connectivity index (χ4v) is 2.01. The molecule has 0 saturated heterocycles. The Balaban J connectivity index is 1.66. The van der Waals surface area contributed by atoms with Gasteiger partial charge < -0.3 is 14.8 Å². The molecule has 5 nitrogen and oxygen atoms in total. The fourth-order valence-electron chi connectivity index (χ4n) is 2.01. The van der Waals surface area contributed by atoms with E-state index in [1.165, 1.54) is 18.2 Å². The molecule has 1 aromatic carbocycles. The minimum atomic E-state index is -0.679. The summed E-state index contributed by atoms with van der Waals surface area (Å²) < 4.78 is 23.9. The van der Waals surface area contributed by atoms with Crippen LogP contribution < -0.4 is 14.8 Å². The number of nitrogens with zero attached hydrogens (tertiary/aromatic N) is 1. The normalized spacial score (nSPS) is 12.8. The Labute approximate surface area is 120 Å². The Hall–Kier alpha value is -2.63. The van der Waals surface area contributed by atoms with Crippen molar-refractivity contribution in [3.63, 3.8) is 0 Å². The minimum absolute atomic E-state index is 0.0487. The minimum Gasteiger partial charge on any atom is -0.486 e. The standard InChI is InChI=1S/C15H13FN2O3/c16-14-3-1-2-11(18-14)15(19)17-9-10-4-5-12-13(8-10)21-7-6-20-12/h1-5,8H,6-7,9H2,(H,17,19). The van der Waals surface area contributed by atoms with Crippen molar-refractivity contribution in [2.45, 2.75) is 6.54 Å². The maximum absolute atomic E-state index is 13.0. The Morgan fingerprint density at radius 3 is 2.81 bits per heavy atom. The summed E-state index contributed by atoms with van der Waals surface area (Å²) in [6.45, 7) is 1.35. The number of nitrogens with one attached hydrogen (secondary N) is 1. The van der Waals surface area contributed by atoms with E-state index in [0.29, 0.717) is 31.3 Å². The highest BCUT2D eigenvalue weighted by atomic mass is 19.1. The number of benzene rings is 1. The van der Waals surface area contributed by atoms with E-state index in [-0.39, 0.29) is 5.69 Å². The van der Waals surface area contributed by atoms with E-state index in [0.717, 1.165) is 5.56 Å². The largest absolute Gasteiger partial charge is 0.486 e. The van der Waals surface area contributed by atoms with E-state index in [4.69, 9.17) is 9.47 Å². The van der Waals surface area contributed by atoms with Gasteiger partial charge in [0.1, 0.15) is 18.9 Å². The zero-order valence-corrected chi connectivity index (χ0v) is 11.1. The van der Waals surface area contributed by atoms with Crippen molar-refractivity contribution in [1.29, 1.82) is 0 Å². The third kappa shape index (κ3) is 3.10. The number of rotatable bonds is 3. The van der Waals surface area contributed by atoms with E-state index in [1.54, 1.807) is 6.07 Å². The van der Waals surface area contributed by atoms with Crippen LogP contribution in [-0.4, -0.2) is 24.1 Å². The van der Waals surface area contributed by atoms with Gasteiger partial charge in [0.2, 0.25) is 5.95 Å². The van der Waals surface area contributed by atoms with Gasteiger partial charge in [-0.15, -0.1) is 0 Å². The monoisotopic (exact) mass is 288 g/mol. The van der Waals surface area contributed by atoms with E-state index >= 15 is 0 Å². The molecule has 1 aliphatic heterocycles. The Bertz CT molecular complexity index is 676. The lowest BCUT2D eigenvalue weighted by Gasteiger charge is -2.18. The fraction of sp³-hybridized carbons (Fsp3) is 0.200. The number of carbonyl (C=O) groups excluding carboxylic acids is 1. The first-order valence-corrected chi connectivity index (χ1v) is 6.52. The van der Waals surface area contributed by atoms with Crippen LogP contribution in [0, 0.1) is 5.95 Å². The highest BCUT2D eigenvalue weighted by molar-refractivity contribution is 5.92. The first-order valence-electron chi connectivity index (χ1n) is 6.52. The summed E-state index contributed by atoms with van der Waals surface area (Å²) in [5.74, 6) is 0.256. The molecule has 0 fully saturated rings. The molecule has 3 rings (SSSR count). The maximum atomic E-state index is 13.0. The zero-order valence-electron chi connectivity index (χ0n) is 11.1. The summed E-state index contributed by atoms with van der Waals surface area (Å²) >= 11 is 0. The molecular formula is C15H13FN2O3. The number of fused-ring (bicyclic) bond motifs is 1. The molecule has 0 unspecified atom stereocenters. The number of ether oxygens (including phenoxy) is 2. The number of aromatic nitrogens is 1. The summed E-state index contributed by atoms with van der Waals surface area (Å²) in [5.41, 5.74) is 0.913. The molecule has 1 N–H and O–H groups in total. The van der Waals surface area contributed by atoms with E-state index < -0.39 is 11.9 Å². The first-order chi connectivity index (χ1) is 10.2. The highest BCUT2D eigenvalue weighted by Crippen LogP contribution is 2.30. The van der Waals surface area contributed by atoms with Gasteiger partial charge >= 0.3 is 0 Å². The van der Waals surface area contributed by atoms with Gasteiger partial charge in [-0.25, -0.2) is 4.98 Å². The van der Waals surface area contributed by atoms with Crippen molar-refractivity contribution in [3.8, 4) is 11.5 Å². The summed E-state index contributed by atoms with van der Waals surface area (Å²) in [5, 5.41) is 2.68. The third-order valence-electron chi connectivity index (χ3n) is 3.01. The maximum Gasteiger partial charge on any atom is 0.270 e. The first kappa shape index (κ1) is 13.4. The van der Waals surface area contributed by atoms with Crippen LogP contribution in [-0.2, 0) is 6.54 Å². The van der Waals surface area contributed by atoms with Crippen LogP contribution in [0.5, 0.6) is 11.5 Å². The van der Waals surface area contributed by atoms with Gasteiger partial charge in [-0.2, -0.15) is 4.39 Å². The molecule has 1 amide bonds. The topological polar surface area (TPSA) is 60.5 Å². The summed E-state index contributed by atoms with van der Waals surface area (Å²) in [4.78, 5) is 15.4. The molecule has 0 saturated carbocycles. The lowest BCUT2D eigenvalue weighted by molar-refractivity contribution is 0.0944. The summed E-state index contributed by atoms with van der Waals surface area (Å²) in [6.07, 6.45) is 0. The number of amides is 1. The molecular weight excluding hydrogens is 275 g/mol. The summed E-state index contributed by atoms with van der Waals surface area (Å²) in [7, 11) is 0. The van der Waals surface area contributed by atoms with Gasteiger partial charge in [0.05, 0.1) is 0 Å². The van der Waals surface area contributed by atoms with Crippen molar-refractivity contribution in [1.82, 2.24) is 10.3 Å². The molecule has 108 valence electrons. The second-order valence-electron chi connectivity index (χ2n) is 4.51. The predicted molar refractivity (Wildman–Crippen MR) is 72.8 cm³/mol. The van der Waals surface area contributed by atoms with Crippen LogP contribution in [0.1, 0.15) is 16.1 Å². The van der Waals surface area contributed by atoms with Crippen LogP contribution in [0.3, 0.4) is 0 Å². The van der Waals surface area contributed by atoms with E-state index in [2.05, 4.69) is 10.3 Å². The van der Waals surface area contributed by atoms with Gasteiger partial charge in [0, 0.05) is 6.54 Å². The molecule has 2 aromatic rings. The molecule has 21 heavy (non-hydrogen) atoms. The molecule has 1 aromatic heterocycles. The predicted octanol–water partition coefficient (Wildman–Crippen LogP) is 1.92. The molecule has 6 heteroatoms. The SMILES string of the molecule is O=C(NCc1ccc2c(c1)OCCO2)c1cccc(F)n1. The molecule has 0 aliphatic carbocycles. The number of hydrogen-bond acceptors (Lipinski definition) is 4. The van der Waals surface area contributed by atoms with Crippen molar-refractivity contribution in [3.05, 3.63) is 53.6 Å². The van der Waals surface area contributed by atoms with Crippen molar-refractivity contribution in [2.75, 3.05) is 13.2 Å². The smallest absolute Gasteiger partial charge is 0.270 e. The van der Waals surface area contributed by atoms with Gasteiger partial charge in [0.25, 0.3) is 5.91 Å². The highest BCUT2D eigenvalue weighted by Gasteiger charge is 2.12. The average Bonchev–Trinajstić information content (AvgIpc) is 2.52. The van der Waals surface area contributed by atoms with Crippen molar-refractivity contribution >= 4 is 5.91 Å². The molecule has 0 bridgehead atoms. The molecule has 1 aliphatic rings. The van der Waals surface area contributed by atoms with Crippen LogP contribution in [0.25, 0.3) is 0 Å². The van der Waals surface area contributed by atoms with E-state index in [1.807, 2.05) is 12.1 Å². The lowest BCUT2D eigenvalue weighted by atomic mass is 10.2. The Morgan fingerprint density at radius 2 is 2.00 bits per heavy atom. The summed E-state index contributed by atoms with van der Waals surface area (Å²) in [6, 6.07) is 9.55. The van der Waals surface area contributed by atoms with Gasteiger partial charge in [0.15, 0.2) is 11.5 Å². The zero-order chi connectivity index (χ0) is 14.7. The Kier molecular flexibility index (Phi) is 3.68. The quantitative estimate of drug-likeness (QED) is 0.877.